The first-order chi connectivity index (χ1) is 5.24. The summed E-state index contributed by atoms with van der Waals surface area (Å²) in [7, 11) is 0. The van der Waals surface area contributed by atoms with Gasteiger partial charge in [-0.25, -0.2) is 4.98 Å². The third-order valence-corrected chi connectivity index (χ3v) is 1.92. The van der Waals surface area contributed by atoms with Gasteiger partial charge in [-0.3, -0.25) is 0 Å². The first-order valence-electron chi connectivity index (χ1n) is 3.64. The van der Waals surface area contributed by atoms with E-state index in [9.17, 15) is 0 Å². The summed E-state index contributed by atoms with van der Waals surface area (Å²) >= 11 is 3.35. The fraction of sp³-hybridized carbons (Fsp3) is 0.375. The zero-order chi connectivity index (χ0) is 8.27. The topological polar surface area (TPSA) is 38.9 Å². The molecular weight excluding hydrogens is 204 g/mol. The molecule has 0 atom stereocenters. The van der Waals surface area contributed by atoms with Crippen molar-refractivity contribution in [1.29, 1.82) is 0 Å². The molecule has 0 bridgehead atoms. The van der Waals surface area contributed by atoms with Crippen LogP contribution in [0.1, 0.15) is 18.9 Å². The molecule has 60 valence electrons. The van der Waals surface area contributed by atoms with Crippen LogP contribution in [-0.4, -0.2) is 4.98 Å². The highest BCUT2D eigenvalue weighted by Gasteiger charge is 1.98. The minimum absolute atomic E-state index is 0.648. The van der Waals surface area contributed by atoms with Crippen molar-refractivity contribution in [3.63, 3.8) is 0 Å². The molecule has 1 aromatic heterocycles. The van der Waals surface area contributed by atoms with E-state index in [1.165, 1.54) is 0 Å². The minimum atomic E-state index is 0.648. The SMILES string of the molecule is CCCc1cc(Br)cnc1N. The maximum atomic E-state index is 5.64. The van der Waals surface area contributed by atoms with E-state index in [-0.39, 0.29) is 0 Å². The standard InChI is InChI=1S/C8H11BrN2/c1-2-3-6-4-7(9)5-11-8(6)10/h4-5H,2-3H2,1H3,(H2,10,11). The van der Waals surface area contributed by atoms with Gasteiger partial charge in [0.25, 0.3) is 0 Å². The molecule has 0 aliphatic carbocycles. The first-order valence-corrected chi connectivity index (χ1v) is 4.43. The number of aryl methyl sites for hydroxylation is 1. The third-order valence-electron chi connectivity index (χ3n) is 1.49. The minimum Gasteiger partial charge on any atom is -0.383 e. The molecule has 11 heavy (non-hydrogen) atoms. The summed E-state index contributed by atoms with van der Waals surface area (Å²) in [5, 5.41) is 0. The lowest BCUT2D eigenvalue weighted by Gasteiger charge is -2.02. The normalized spacial score (nSPS) is 10.0. The average Bonchev–Trinajstić information content (AvgIpc) is 1.98. The quantitative estimate of drug-likeness (QED) is 0.822. The van der Waals surface area contributed by atoms with Crippen molar-refractivity contribution in [2.45, 2.75) is 19.8 Å². The Hall–Kier alpha value is -0.570. The number of pyridine rings is 1. The van der Waals surface area contributed by atoms with Crippen molar-refractivity contribution in [1.82, 2.24) is 4.98 Å². The van der Waals surface area contributed by atoms with E-state index in [1.54, 1.807) is 6.20 Å². The van der Waals surface area contributed by atoms with E-state index in [4.69, 9.17) is 5.73 Å². The second-order valence-corrected chi connectivity index (χ2v) is 3.36. The molecule has 0 saturated carbocycles. The molecule has 0 amide bonds. The van der Waals surface area contributed by atoms with Crippen molar-refractivity contribution >= 4 is 21.7 Å². The average molecular weight is 215 g/mol. The Balaban J connectivity index is 2.93. The summed E-state index contributed by atoms with van der Waals surface area (Å²) in [6.07, 6.45) is 3.81. The van der Waals surface area contributed by atoms with Gasteiger partial charge >= 0.3 is 0 Å². The number of aromatic nitrogens is 1. The van der Waals surface area contributed by atoms with Crippen molar-refractivity contribution < 1.29 is 0 Å². The van der Waals surface area contributed by atoms with Crippen LogP contribution in [0.3, 0.4) is 0 Å². The van der Waals surface area contributed by atoms with Crippen LogP contribution in [0, 0.1) is 0 Å². The fourth-order valence-corrected chi connectivity index (χ4v) is 1.34. The molecule has 0 aliphatic rings. The largest absolute Gasteiger partial charge is 0.383 e. The Kier molecular flexibility index (Phi) is 2.88. The summed E-state index contributed by atoms with van der Waals surface area (Å²) in [5.74, 6) is 0.648. The van der Waals surface area contributed by atoms with Gasteiger partial charge in [0.1, 0.15) is 5.82 Å². The lowest BCUT2D eigenvalue weighted by atomic mass is 10.1. The Morgan fingerprint density at radius 1 is 1.64 bits per heavy atom. The third kappa shape index (κ3) is 2.19. The van der Waals surface area contributed by atoms with Crippen LogP contribution >= 0.6 is 15.9 Å². The lowest BCUT2D eigenvalue weighted by molar-refractivity contribution is 0.916. The van der Waals surface area contributed by atoms with E-state index in [2.05, 4.69) is 27.8 Å². The number of rotatable bonds is 2. The number of halogens is 1. The Bertz CT molecular complexity index is 248. The van der Waals surface area contributed by atoms with Gasteiger partial charge in [0.15, 0.2) is 0 Å². The van der Waals surface area contributed by atoms with Crippen LogP contribution in [0.4, 0.5) is 5.82 Å². The van der Waals surface area contributed by atoms with E-state index in [0.717, 1.165) is 22.9 Å². The number of nitrogen functional groups attached to an aromatic ring is 1. The summed E-state index contributed by atoms with van der Waals surface area (Å²) in [6.45, 7) is 2.13. The molecule has 0 saturated heterocycles. The Morgan fingerprint density at radius 2 is 2.36 bits per heavy atom. The van der Waals surface area contributed by atoms with Crippen molar-refractivity contribution in [3.05, 3.63) is 22.3 Å². The molecule has 1 heterocycles. The maximum absolute atomic E-state index is 5.64. The Morgan fingerprint density at radius 3 is 3.00 bits per heavy atom. The predicted molar refractivity (Wildman–Crippen MR) is 50.3 cm³/mol. The van der Waals surface area contributed by atoms with Gasteiger partial charge in [-0.15, -0.1) is 0 Å². The van der Waals surface area contributed by atoms with Crippen LogP contribution in [-0.2, 0) is 6.42 Å². The second-order valence-electron chi connectivity index (χ2n) is 2.45. The van der Waals surface area contributed by atoms with E-state index in [0.29, 0.717) is 5.82 Å². The van der Waals surface area contributed by atoms with Gasteiger partial charge < -0.3 is 5.73 Å². The van der Waals surface area contributed by atoms with Gasteiger partial charge in [-0.1, -0.05) is 13.3 Å². The molecule has 1 aromatic rings. The number of nitrogens with zero attached hydrogens (tertiary/aromatic N) is 1. The summed E-state index contributed by atoms with van der Waals surface area (Å²) in [5.41, 5.74) is 6.77. The first kappa shape index (κ1) is 8.53. The number of anilines is 1. The molecule has 1 rings (SSSR count). The molecule has 0 aliphatic heterocycles. The smallest absolute Gasteiger partial charge is 0.126 e. The van der Waals surface area contributed by atoms with Gasteiger partial charge in [-0.05, 0) is 34.0 Å². The van der Waals surface area contributed by atoms with Crippen LogP contribution in [0.15, 0.2) is 16.7 Å². The highest BCUT2D eigenvalue weighted by molar-refractivity contribution is 9.10. The Labute approximate surface area is 75.0 Å². The molecule has 0 spiro atoms. The predicted octanol–water partition coefficient (Wildman–Crippen LogP) is 2.38. The van der Waals surface area contributed by atoms with Gasteiger partial charge in [-0.2, -0.15) is 0 Å². The van der Waals surface area contributed by atoms with Crippen LogP contribution < -0.4 is 5.73 Å². The van der Waals surface area contributed by atoms with Gasteiger partial charge in [0.05, 0.1) is 0 Å². The van der Waals surface area contributed by atoms with Crippen LogP contribution in [0.2, 0.25) is 0 Å². The number of nitrogens with two attached hydrogens (primary N) is 1. The highest BCUT2D eigenvalue weighted by atomic mass is 79.9. The molecule has 0 radical (unpaired) electrons. The van der Waals surface area contributed by atoms with Crippen molar-refractivity contribution in [2.75, 3.05) is 5.73 Å². The molecule has 2 nitrogen and oxygen atoms in total. The number of hydrogen-bond donors (Lipinski definition) is 1. The fourth-order valence-electron chi connectivity index (χ4n) is 0.961. The zero-order valence-corrected chi connectivity index (χ0v) is 8.06. The molecule has 3 heteroatoms. The van der Waals surface area contributed by atoms with E-state index < -0.39 is 0 Å². The van der Waals surface area contributed by atoms with Gasteiger partial charge in [0.2, 0.25) is 0 Å². The van der Waals surface area contributed by atoms with Crippen LogP contribution in [0.25, 0.3) is 0 Å². The van der Waals surface area contributed by atoms with E-state index >= 15 is 0 Å². The molecule has 0 fully saturated rings. The summed E-state index contributed by atoms with van der Waals surface area (Å²) in [4.78, 5) is 4.03. The molecular formula is C8H11BrN2. The highest BCUT2D eigenvalue weighted by Crippen LogP contribution is 2.16. The monoisotopic (exact) mass is 214 g/mol. The second kappa shape index (κ2) is 3.72. The molecule has 0 aromatic carbocycles. The lowest BCUT2D eigenvalue weighted by Crippen LogP contribution is -1.96. The molecule has 2 N–H and O–H groups in total. The van der Waals surface area contributed by atoms with Crippen LogP contribution in [0.5, 0.6) is 0 Å². The molecule has 0 unspecified atom stereocenters. The van der Waals surface area contributed by atoms with E-state index in [1.807, 2.05) is 6.07 Å². The van der Waals surface area contributed by atoms with Crippen molar-refractivity contribution in [3.8, 4) is 0 Å². The summed E-state index contributed by atoms with van der Waals surface area (Å²) < 4.78 is 0.996. The summed E-state index contributed by atoms with van der Waals surface area (Å²) in [6, 6.07) is 2.02. The number of hydrogen-bond acceptors (Lipinski definition) is 2. The van der Waals surface area contributed by atoms with Crippen molar-refractivity contribution in [2.24, 2.45) is 0 Å². The van der Waals surface area contributed by atoms with Gasteiger partial charge in [0, 0.05) is 10.7 Å². The zero-order valence-electron chi connectivity index (χ0n) is 6.47. The maximum Gasteiger partial charge on any atom is 0.126 e.